The summed E-state index contributed by atoms with van der Waals surface area (Å²) in [6.07, 6.45) is 3.15. The summed E-state index contributed by atoms with van der Waals surface area (Å²) in [5.41, 5.74) is 5.68. The first-order chi connectivity index (χ1) is 18.9. The average molecular weight is 526 g/mol. The van der Waals surface area contributed by atoms with Gasteiger partial charge in [-0.05, 0) is 67.2 Å². The summed E-state index contributed by atoms with van der Waals surface area (Å²) < 4.78 is 0. The molecule has 9 nitrogen and oxygen atoms in total. The highest BCUT2D eigenvalue weighted by Gasteiger charge is 2.30. The minimum Gasteiger partial charge on any atom is -0.356 e. The van der Waals surface area contributed by atoms with Crippen molar-refractivity contribution >= 4 is 40.1 Å². The van der Waals surface area contributed by atoms with Gasteiger partial charge in [0.15, 0.2) is 0 Å². The normalized spacial score (nSPS) is 16.0. The second-order valence-corrected chi connectivity index (χ2v) is 9.93. The maximum Gasteiger partial charge on any atom is 0.270 e. The summed E-state index contributed by atoms with van der Waals surface area (Å²) in [4.78, 5) is 37.9. The van der Waals surface area contributed by atoms with Crippen molar-refractivity contribution in [3.63, 3.8) is 0 Å². The number of nitro benzene ring substituents is 1. The lowest BCUT2D eigenvalue weighted by atomic mass is 9.98. The van der Waals surface area contributed by atoms with Crippen LogP contribution in [0, 0.1) is 10.1 Å². The number of rotatable bonds is 9. The smallest absolute Gasteiger partial charge is 0.270 e. The number of fused-ring (bicyclic) bond motifs is 1. The first-order valence-electron chi connectivity index (χ1n) is 13.1. The summed E-state index contributed by atoms with van der Waals surface area (Å²) in [6, 6.07) is 20.3. The Bertz CT molecular complexity index is 1420. The number of nitrogens with zero attached hydrogens (tertiary/aromatic N) is 2. The quantitative estimate of drug-likeness (QED) is 0.210. The van der Waals surface area contributed by atoms with Gasteiger partial charge in [-0.3, -0.25) is 24.6 Å². The predicted molar refractivity (Wildman–Crippen MR) is 152 cm³/mol. The predicted octanol–water partition coefficient (Wildman–Crippen LogP) is 4.80. The molecule has 2 heterocycles. The maximum atomic E-state index is 13.2. The Hall–Kier alpha value is -4.50. The summed E-state index contributed by atoms with van der Waals surface area (Å²) in [5.74, 6) is -0.400. The molecular weight excluding hydrogens is 494 g/mol. The molecule has 3 aromatic carbocycles. The largest absolute Gasteiger partial charge is 0.356 e. The van der Waals surface area contributed by atoms with Crippen LogP contribution in [0.4, 0.5) is 17.1 Å². The molecule has 0 radical (unpaired) electrons. The third kappa shape index (κ3) is 6.15. The average Bonchev–Trinajstić information content (AvgIpc) is 3.55. The molecule has 2 aliphatic rings. The van der Waals surface area contributed by atoms with E-state index in [1.54, 1.807) is 6.07 Å². The third-order valence-electron chi connectivity index (χ3n) is 7.07. The number of carbonyl (C=O) groups is 2. The Morgan fingerprint density at radius 1 is 1.00 bits per heavy atom. The Morgan fingerprint density at radius 2 is 1.69 bits per heavy atom. The fourth-order valence-corrected chi connectivity index (χ4v) is 5.05. The molecule has 2 amide bonds. The van der Waals surface area contributed by atoms with Gasteiger partial charge in [0.1, 0.15) is 0 Å². The van der Waals surface area contributed by atoms with E-state index in [1.807, 2.05) is 36.4 Å². The number of benzene rings is 3. The molecule has 3 N–H and O–H groups in total. The van der Waals surface area contributed by atoms with E-state index in [-0.39, 0.29) is 17.5 Å². The lowest BCUT2D eigenvalue weighted by Crippen LogP contribution is -2.22. The van der Waals surface area contributed by atoms with Crippen molar-refractivity contribution < 1.29 is 14.5 Å². The monoisotopic (exact) mass is 525 g/mol. The molecule has 3 aromatic rings. The highest BCUT2D eigenvalue weighted by Crippen LogP contribution is 2.39. The number of likely N-dealkylation sites (tertiary alicyclic amines) is 1. The number of amides is 2. The molecule has 2 aliphatic heterocycles. The van der Waals surface area contributed by atoms with Crippen LogP contribution in [0.25, 0.3) is 11.3 Å². The summed E-state index contributed by atoms with van der Waals surface area (Å²) in [7, 11) is 0. The molecular formula is C30H31N5O4. The van der Waals surface area contributed by atoms with Gasteiger partial charge in [-0.25, -0.2) is 0 Å². The zero-order valence-electron chi connectivity index (χ0n) is 21.8. The van der Waals surface area contributed by atoms with Crippen LogP contribution in [0.3, 0.4) is 0 Å². The SMILES string of the molecule is CC(=O)NCCc1ccc(C(Nc2ccc(CN3CCCC3)cc2)=C2C(=O)Nc3ccc([N+](=O)[O-])cc32)cc1. The van der Waals surface area contributed by atoms with Crippen LogP contribution < -0.4 is 16.0 Å². The fourth-order valence-electron chi connectivity index (χ4n) is 5.05. The first-order valence-corrected chi connectivity index (χ1v) is 13.1. The van der Waals surface area contributed by atoms with E-state index < -0.39 is 4.92 Å². The molecule has 5 rings (SSSR count). The van der Waals surface area contributed by atoms with E-state index in [0.29, 0.717) is 35.5 Å². The lowest BCUT2D eigenvalue weighted by molar-refractivity contribution is -0.384. The molecule has 39 heavy (non-hydrogen) atoms. The fraction of sp³-hybridized carbons (Fsp3) is 0.267. The topological polar surface area (TPSA) is 117 Å². The molecule has 9 heteroatoms. The minimum atomic E-state index is -0.462. The Labute approximate surface area is 227 Å². The highest BCUT2D eigenvalue weighted by molar-refractivity contribution is 6.37. The molecule has 0 aliphatic carbocycles. The third-order valence-corrected chi connectivity index (χ3v) is 7.07. The van der Waals surface area contributed by atoms with E-state index in [2.05, 4.69) is 33.0 Å². The van der Waals surface area contributed by atoms with Gasteiger partial charge in [0.2, 0.25) is 5.91 Å². The van der Waals surface area contributed by atoms with Crippen molar-refractivity contribution in [2.45, 2.75) is 32.7 Å². The van der Waals surface area contributed by atoms with Crippen molar-refractivity contribution in [1.29, 1.82) is 0 Å². The van der Waals surface area contributed by atoms with E-state index in [4.69, 9.17) is 0 Å². The highest BCUT2D eigenvalue weighted by atomic mass is 16.6. The van der Waals surface area contributed by atoms with E-state index in [1.165, 1.54) is 37.5 Å². The van der Waals surface area contributed by atoms with Crippen LogP contribution in [0.1, 0.15) is 42.0 Å². The number of carbonyl (C=O) groups excluding carboxylic acids is 2. The number of non-ortho nitro benzene ring substituents is 1. The molecule has 0 bridgehead atoms. The molecule has 0 unspecified atom stereocenters. The van der Waals surface area contributed by atoms with Crippen LogP contribution in [-0.2, 0) is 22.6 Å². The zero-order chi connectivity index (χ0) is 27.4. The molecule has 0 saturated carbocycles. The van der Waals surface area contributed by atoms with Crippen LogP contribution in [0.5, 0.6) is 0 Å². The molecule has 200 valence electrons. The van der Waals surface area contributed by atoms with Gasteiger partial charge in [-0.2, -0.15) is 0 Å². The molecule has 0 atom stereocenters. The van der Waals surface area contributed by atoms with Gasteiger partial charge in [-0.15, -0.1) is 0 Å². The van der Waals surface area contributed by atoms with Crippen molar-refractivity contribution in [2.24, 2.45) is 0 Å². The van der Waals surface area contributed by atoms with Crippen molar-refractivity contribution in [2.75, 3.05) is 30.3 Å². The molecule has 1 fully saturated rings. The van der Waals surface area contributed by atoms with Crippen molar-refractivity contribution in [3.8, 4) is 0 Å². The van der Waals surface area contributed by atoms with Crippen LogP contribution in [-0.4, -0.2) is 41.3 Å². The van der Waals surface area contributed by atoms with E-state index in [0.717, 1.165) is 36.4 Å². The van der Waals surface area contributed by atoms with Crippen LogP contribution >= 0.6 is 0 Å². The molecule has 0 spiro atoms. The number of hydrogen-bond donors (Lipinski definition) is 3. The van der Waals surface area contributed by atoms with Gasteiger partial charge in [0.05, 0.1) is 16.2 Å². The number of nitrogens with one attached hydrogen (secondary N) is 3. The van der Waals surface area contributed by atoms with Gasteiger partial charge in [0.25, 0.3) is 11.6 Å². The first kappa shape index (κ1) is 26.1. The number of hydrogen-bond acceptors (Lipinski definition) is 6. The van der Waals surface area contributed by atoms with Crippen LogP contribution in [0.15, 0.2) is 66.7 Å². The molecule has 0 aromatic heterocycles. The van der Waals surface area contributed by atoms with E-state index in [9.17, 15) is 19.7 Å². The maximum absolute atomic E-state index is 13.2. The van der Waals surface area contributed by atoms with Crippen LogP contribution in [0.2, 0.25) is 0 Å². The van der Waals surface area contributed by atoms with E-state index >= 15 is 0 Å². The Morgan fingerprint density at radius 3 is 2.36 bits per heavy atom. The summed E-state index contributed by atoms with van der Waals surface area (Å²) in [6.45, 7) is 5.17. The summed E-state index contributed by atoms with van der Waals surface area (Å²) >= 11 is 0. The minimum absolute atomic E-state index is 0.0747. The number of anilines is 2. The van der Waals surface area contributed by atoms with Crippen molar-refractivity contribution in [1.82, 2.24) is 10.2 Å². The van der Waals surface area contributed by atoms with Gasteiger partial charge in [0, 0.05) is 49.1 Å². The molecule has 1 saturated heterocycles. The van der Waals surface area contributed by atoms with Crippen molar-refractivity contribution in [3.05, 3.63) is 99.1 Å². The standard InChI is InChI=1S/C30H31N5O4/c1-20(36)31-15-14-21-4-8-23(9-5-21)29(28-26-18-25(35(38)39)12-13-27(26)33-30(28)37)32-24-10-6-22(7-11-24)19-34-16-2-3-17-34/h4-13,18,32H,2-3,14-17,19H2,1H3,(H,31,36)(H,33,37). The zero-order valence-corrected chi connectivity index (χ0v) is 21.8. The second kappa shape index (κ2) is 11.5. The van der Waals surface area contributed by atoms with Gasteiger partial charge in [-0.1, -0.05) is 36.4 Å². The number of nitro groups is 1. The van der Waals surface area contributed by atoms with Gasteiger partial charge < -0.3 is 16.0 Å². The van der Waals surface area contributed by atoms with Gasteiger partial charge >= 0.3 is 0 Å². The second-order valence-electron chi connectivity index (χ2n) is 9.93. The Kier molecular flexibility index (Phi) is 7.69. The summed E-state index contributed by atoms with van der Waals surface area (Å²) in [5, 5.41) is 20.6. The lowest BCUT2D eigenvalue weighted by Gasteiger charge is -2.17. The Balaban J connectivity index is 1.49.